The summed E-state index contributed by atoms with van der Waals surface area (Å²) in [5.41, 5.74) is 4.98. The van der Waals surface area contributed by atoms with Crippen LogP contribution in [0.25, 0.3) is 0 Å². The Hall–Kier alpha value is -2.74. The van der Waals surface area contributed by atoms with Crippen LogP contribution in [0.1, 0.15) is 16.7 Å². The van der Waals surface area contributed by atoms with E-state index in [0.29, 0.717) is 0 Å². The van der Waals surface area contributed by atoms with Crippen LogP contribution in [-0.4, -0.2) is 7.11 Å². The summed E-state index contributed by atoms with van der Waals surface area (Å²) in [6.45, 7) is 3.84. The molecule has 0 aromatic heterocycles. The molecule has 0 unspecified atom stereocenters. The van der Waals surface area contributed by atoms with Gasteiger partial charge in [0.05, 0.1) is 7.11 Å². The summed E-state index contributed by atoms with van der Waals surface area (Å²) >= 11 is 0. The van der Waals surface area contributed by atoms with E-state index in [1.165, 1.54) is 16.8 Å². The minimum Gasteiger partial charge on any atom is -0.496 e. The molecule has 24 heavy (non-hydrogen) atoms. The van der Waals surface area contributed by atoms with Gasteiger partial charge in [0.1, 0.15) is 5.75 Å². The number of hydrogen-bond donors (Lipinski definition) is 0. The Kier molecular flexibility index (Phi) is 5.17. The minimum atomic E-state index is 0.876. The SMILES string of the molecule is COc1ccc(N(Cc2ccccc2)Cc2ccccc2)cc1C. The van der Waals surface area contributed by atoms with Gasteiger partial charge in [-0.2, -0.15) is 0 Å². The Morgan fingerprint density at radius 1 is 0.750 bits per heavy atom. The largest absolute Gasteiger partial charge is 0.496 e. The zero-order valence-electron chi connectivity index (χ0n) is 14.3. The van der Waals surface area contributed by atoms with Crippen LogP contribution in [0.2, 0.25) is 0 Å². The second-order valence-corrected chi connectivity index (χ2v) is 5.98. The van der Waals surface area contributed by atoms with E-state index in [0.717, 1.165) is 24.4 Å². The van der Waals surface area contributed by atoms with Crippen molar-refractivity contribution in [3.63, 3.8) is 0 Å². The fourth-order valence-electron chi connectivity index (χ4n) is 2.91. The van der Waals surface area contributed by atoms with E-state index >= 15 is 0 Å². The van der Waals surface area contributed by atoms with E-state index in [9.17, 15) is 0 Å². The Morgan fingerprint density at radius 3 is 1.75 bits per heavy atom. The summed E-state index contributed by atoms with van der Waals surface area (Å²) in [6, 6.07) is 27.6. The Labute approximate surface area is 144 Å². The minimum absolute atomic E-state index is 0.876. The number of anilines is 1. The van der Waals surface area contributed by atoms with Gasteiger partial charge in [0.15, 0.2) is 0 Å². The lowest BCUT2D eigenvalue weighted by Gasteiger charge is -2.26. The molecule has 3 aromatic rings. The highest BCUT2D eigenvalue weighted by molar-refractivity contribution is 5.53. The third-order valence-electron chi connectivity index (χ3n) is 4.18. The second-order valence-electron chi connectivity index (χ2n) is 5.98. The van der Waals surface area contributed by atoms with E-state index in [1.807, 2.05) is 6.07 Å². The van der Waals surface area contributed by atoms with E-state index in [1.54, 1.807) is 7.11 Å². The maximum absolute atomic E-state index is 5.40. The summed E-state index contributed by atoms with van der Waals surface area (Å²) in [5.74, 6) is 0.929. The number of hydrogen-bond acceptors (Lipinski definition) is 2. The van der Waals surface area contributed by atoms with Gasteiger partial charge in [0.25, 0.3) is 0 Å². The molecule has 2 nitrogen and oxygen atoms in total. The molecule has 0 aliphatic heterocycles. The maximum Gasteiger partial charge on any atom is 0.121 e. The first-order chi connectivity index (χ1) is 11.8. The molecule has 2 heteroatoms. The highest BCUT2D eigenvalue weighted by Gasteiger charge is 2.10. The molecular formula is C22H23NO. The van der Waals surface area contributed by atoms with Crippen LogP contribution in [-0.2, 0) is 13.1 Å². The summed E-state index contributed by atoms with van der Waals surface area (Å²) in [5, 5.41) is 0. The van der Waals surface area contributed by atoms with Crippen LogP contribution in [0.4, 0.5) is 5.69 Å². The van der Waals surface area contributed by atoms with Crippen molar-refractivity contribution in [2.45, 2.75) is 20.0 Å². The van der Waals surface area contributed by atoms with Gasteiger partial charge in [0, 0.05) is 18.8 Å². The fraction of sp³-hybridized carbons (Fsp3) is 0.182. The Balaban J connectivity index is 1.90. The standard InChI is InChI=1S/C22H23NO/c1-18-15-21(13-14-22(18)24-2)23(16-19-9-5-3-6-10-19)17-20-11-7-4-8-12-20/h3-15H,16-17H2,1-2H3. The molecule has 0 saturated carbocycles. The van der Waals surface area contributed by atoms with Gasteiger partial charge in [-0.05, 0) is 41.8 Å². The summed E-state index contributed by atoms with van der Waals surface area (Å²) in [4.78, 5) is 2.40. The summed E-state index contributed by atoms with van der Waals surface area (Å²) in [6.07, 6.45) is 0. The summed E-state index contributed by atoms with van der Waals surface area (Å²) in [7, 11) is 1.72. The normalized spacial score (nSPS) is 10.4. The number of rotatable bonds is 6. The average Bonchev–Trinajstić information content (AvgIpc) is 2.63. The van der Waals surface area contributed by atoms with Crippen molar-refractivity contribution in [1.82, 2.24) is 0 Å². The smallest absolute Gasteiger partial charge is 0.121 e. The van der Waals surface area contributed by atoms with Crippen molar-refractivity contribution in [3.05, 3.63) is 95.6 Å². The van der Waals surface area contributed by atoms with Crippen LogP contribution in [0.5, 0.6) is 5.75 Å². The predicted octanol–water partition coefficient (Wildman–Crippen LogP) is 5.21. The van der Waals surface area contributed by atoms with E-state index in [4.69, 9.17) is 4.74 Å². The molecule has 122 valence electrons. The lowest BCUT2D eigenvalue weighted by Crippen LogP contribution is -2.22. The van der Waals surface area contributed by atoms with Crippen molar-refractivity contribution in [2.75, 3.05) is 12.0 Å². The molecule has 0 fully saturated rings. The molecule has 0 spiro atoms. The first kappa shape index (κ1) is 16.1. The van der Waals surface area contributed by atoms with Gasteiger partial charge in [-0.1, -0.05) is 60.7 Å². The molecule has 0 bridgehead atoms. The van der Waals surface area contributed by atoms with Crippen molar-refractivity contribution >= 4 is 5.69 Å². The van der Waals surface area contributed by atoms with E-state index in [2.05, 4.69) is 84.6 Å². The Bertz CT molecular complexity index is 727. The van der Waals surface area contributed by atoms with E-state index < -0.39 is 0 Å². The molecular weight excluding hydrogens is 294 g/mol. The number of methoxy groups -OCH3 is 1. The first-order valence-electron chi connectivity index (χ1n) is 8.23. The van der Waals surface area contributed by atoms with Crippen LogP contribution in [0.3, 0.4) is 0 Å². The molecule has 0 heterocycles. The molecule has 3 aromatic carbocycles. The van der Waals surface area contributed by atoms with Gasteiger partial charge in [-0.25, -0.2) is 0 Å². The van der Waals surface area contributed by atoms with E-state index in [-0.39, 0.29) is 0 Å². The molecule has 0 aliphatic carbocycles. The number of nitrogens with zero attached hydrogens (tertiary/aromatic N) is 1. The fourth-order valence-corrected chi connectivity index (χ4v) is 2.91. The van der Waals surface area contributed by atoms with Crippen molar-refractivity contribution in [3.8, 4) is 5.75 Å². The zero-order chi connectivity index (χ0) is 16.8. The second kappa shape index (κ2) is 7.69. The zero-order valence-corrected chi connectivity index (χ0v) is 14.3. The van der Waals surface area contributed by atoms with Crippen LogP contribution >= 0.6 is 0 Å². The quantitative estimate of drug-likeness (QED) is 0.619. The lowest BCUT2D eigenvalue weighted by atomic mass is 10.1. The van der Waals surface area contributed by atoms with Gasteiger partial charge in [0.2, 0.25) is 0 Å². The van der Waals surface area contributed by atoms with Crippen LogP contribution < -0.4 is 9.64 Å². The molecule has 3 rings (SSSR count). The van der Waals surface area contributed by atoms with Crippen molar-refractivity contribution in [1.29, 1.82) is 0 Å². The van der Waals surface area contributed by atoms with Gasteiger partial charge in [-0.15, -0.1) is 0 Å². The molecule has 0 atom stereocenters. The molecule has 0 saturated heterocycles. The lowest BCUT2D eigenvalue weighted by molar-refractivity contribution is 0.411. The number of benzene rings is 3. The number of ether oxygens (including phenoxy) is 1. The maximum atomic E-state index is 5.40. The Morgan fingerprint density at radius 2 is 1.29 bits per heavy atom. The van der Waals surface area contributed by atoms with Crippen LogP contribution in [0.15, 0.2) is 78.9 Å². The first-order valence-corrected chi connectivity index (χ1v) is 8.23. The highest BCUT2D eigenvalue weighted by Crippen LogP contribution is 2.26. The highest BCUT2D eigenvalue weighted by atomic mass is 16.5. The van der Waals surface area contributed by atoms with Crippen molar-refractivity contribution in [2.24, 2.45) is 0 Å². The van der Waals surface area contributed by atoms with Gasteiger partial charge in [-0.3, -0.25) is 0 Å². The van der Waals surface area contributed by atoms with Crippen molar-refractivity contribution < 1.29 is 4.74 Å². The number of aryl methyl sites for hydroxylation is 1. The molecule has 0 radical (unpaired) electrons. The summed E-state index contributed by atoms with van der Waals surface area (Å²) < 4.78 is 5.40. The molecule has 0 amide bonds. The average molecular weight is 317 g/mol. The van der Waals surface area contributed by atoms with Gasteiger partial charge < -0.3 is 9.64 Å². The monoisotopic (exact) mass is 317 g/mol. The third kappa shape index (κ3) is 3.96. The predicted molar refractivity (Wildman–Crippen MR) is 101 cm³/mol. The topological polar surface area (TPSA) is 12.5 Å². The molecule has 0 aliphatic rings. The third-order valence-corrected chi connectivity index (χ3v) is 4.18. The van der Waals surface area contributed by atoms with Crippen LogP contribution in [0, 0.1) is 6.92 Å². The molecule has 0 N–H and O–H groups in total. The van der Waals surface area contributed by atoms with Gasteiger partial charge >= 0.3 is 0 Å².